The molecular formula is C9H17NO2. The maximum Gasteiger partial charge on any atom is 0.220 e. The van der Waals surface area contributed by atoms with Crippen LogP contribution in [0.1, 0.15) is 32.6 Å². The summed E-state index contributed by atoms with van der Waals surface area (Å²) in [6.07, 6.45) is 3.53. The standard InChI is InChI=1S/C9H17NO2/c1-7(8-4-5-8)10-9(12)3-2-6-11/h7-8,11H,2-6H2,1H3,(H,10,12). The summed E-state index contributed by atoms with van der Waals surface area (Å²) in [5.41, 5.74) is 0. The van der Waals surface area contributed by atoms with Gasteiger partial charge in [-0.05, 0) is 32.1 Å². The van der Waals surface area contributed by atoms with Gasteiger partial charge in [0.2, 0.25) is 5.91 Å². The molecule has 0 bridgehead atoms. The van der Waals surface area contributed by atoms with Gasteiger partial charge in [0.15, 0.2) is 0 Å². The Morgan fingerprint density at radius 1 is 1.67 bits per heavy atom. The third kappa shape index (κ3) is 3.22. The molecule has 1 rings (SSSR count). The summed E-state index contributed by atoms with van der Waals surface area (Å²) in [4.78, 5) is 11.1. The summed E-state index contributed by atoms with van der Waals surface area (Å²) in [7, 11) is 0. The Balaban J connectivity index is 2.07. The Bertz CT molecular complexity index is 155. The fourth-order valence-electron chi connectivity index (χ4n) is 1.28. The van der Waals surface area contributed by atoms with Gasteiger partial charge in [-0.2, -0.15) is 0 Å². The van der Waals surface area contributed by atoms with E-state index in [1.807, 2.05) is 0 Å². The van der Waals surface area contributed by atoms with Crippen molar-refractivity contribution in [1.29, 1.82) is 0 Å². The zero-order chi connectivity index (χ0) is 8.97. The molecule has 0 saturated heterocycles. The normalized spacial score (nSPS) is 18.8. The largest absolute Gasteiger partial charge is 0.396 e. The van der Waals surface area contributed by atoms with Crippen molar-refractivity contribution in [2.75, 3.05) is 6.61 Å². The highest BCUT2D eigenvalue weighted by atomic mass is 16.3. The van der Waals surface area contributed by atoms with Crippen molar-refractivity contribution in [2.24, 2.45) is 5.92 Å². The monoisotopic (exact) mass is 171 g/mol. The minimum Gasteiger partial charge on any atom is -0.396 e. The minimum atomic E-state index is 0.0726. The summed E-state index contributed by atoms with van der Waals surface area (Å²) < 4.78 is 0. The molecule has 1 saturated carbocycles. The molecule has 3 nitrogen and oxygen atoms in total. The fourth-order valence-corrected chi connectivity index (χ4v) is 1.28. The number of hydrogen-bond donors (Lipinski definition) is 2. The van der Waals surface area contributed by atoms with E-state index in [4.69, 9.17) is 5.11 Å². The van der Waals surface area contributed by atoms with Crippen LogP contribution < -0.4 is 5.32 Å². The molecule has 70 valence electrons. The number of carbonyl (C=O) groups excluding carboxylic acids is 1. The third-order valence-electron chi connectivity index (χ3n) is 2.28. The maximum absolute atomic E-state index is 11.1. The van der Waals surface area contributed by atoms with E-state index in [1.165, 1.54) is 12.8 Å². The van der Waals surface area contributed by atoms with E-state index in [-0.39, 0.29) is 12.5 Å². The maximum atomic E-state index is 11.1. The number of aliphatic hydroxyl groups is 1. The first-order chi connectivity index (χ1) is 5.74. The molecule has 1 atom stereocenters. The van der Waals surface area contributed by atoms with Crippen LogP contribution in [0.4, 0.5) is 0 Å². The van der Waals surface area contributed by atoms with Crippen LogP contribution in [0.3, 0.4) is 0 Å². The molecule has 1 aliphatic rings. The van der Waals surface area contributed by atoms with Gasteiger partial charge in [0.1, 0.15) is 0 Å². The summed E-state index contributed by atoms with van der Waals surface area (Å²) in [5, 5.41) is 11.4. The number of hydrogen-bond acceptors (Lipinski definition) is 2. The van der Waals surface area contributed by atoms with Crippen molar-refractivity contribution >= 4 is 5.91 Å². The first-order valence-corrected chi connectivity index (χ1v) is 4.64. The van der Waals surface area contributed by atoms with Crippen LogP contribution in [0.5, 0.6) is 0 Å². The molecule has 3 heteroatoms. The van der Waals surface area contributed by atoms with Crippen molar-refractivity contribution in [2.45, 2.75) is 38.6 Å². The summed E-state index contributed by atoms with van der Waals surface area (Å²) in [6, 6.07) is 0.330. The van der Waals surface area contributed by atoms with Crippen LogP contribution in [-0.2, 0) is 4.79 Å². The van der Waals surface area contributed by atoms with E-state index in [2.05, 4.69) is 12.2 Å². The van der Waals surface area contributed by atoms with Crippen molar-refractivity contribution in [3.05, 3.63) is 0 Å². The Hall–Kier alpha value is -0.570. The van der Waals surface area contributed by atoms with Crippen LogP contribution in [-0.4, -0.2) is 23.7 Å². The lowest BCUT2D eigenvalue weighted by Crippen LogP contribution is -2.33. The Morgan fingerprint density at radius 2 is 2.33 bits per heavy atom. The van der Waals surface area contributed by atoms with E-state index in [1.54, 1.807) is 0 Å². The molecule has 1 fully saturated rings. The highest BCUT2D eigenvalue weighted by Crippen LogP contribution is 2.32. The second-order valence-corrected chi connectivity index (χ2v) is 3.52. The Kier molecular flexibility index (Phi) is 3.53. The van der Waals surface area contributed by atoms with Gasteiger partial charge in [-0.25, -0.2) is 0 Å². The lowest BCUT2D eigenvalue weighted by atomic mass is 10.2. The summed E-state index contributed by atoms with van der Waals surface area (Å²) in [5.74, 6) is 0.784. The lowest BCUT2D eigenvalue weighted by Gasteiger charge is -2.11. The molecule has 1 unspecified atom stereocenters. The molecule has 0 aromatic rings. The molecule has 1 aliphatic carbocycles. The average molecular weight is 171 g/mol. The Morgan fingerprint density at radius 3 is 2.83 bits per heavy atom. The van der Waals surface area contributed by atoms with E-state index in [0.717, 1.165) is 0 Å². The molecule has 0 radical (unpaired) electrons. The van der Waals surface area contributed by atoms with E-state index < -0.39 is 0 Å². The SMILES string of the molecule is CC(NC(=O)CCCO)C1CC1. The van der Waals surface area contributed by atoms with Gasteiger partial charge in [0.25, 0.3) is 0 Å². The molecular weight excluding hydrogens is 154 g/mol. The number of nitrogens with one attached hydrogen (secondary N) is 1. The summed E-state index contributed by atoms with van der Waals surface area (Å²) in [6.45, 7) is 2.15. The molecule has 0 heterocycles. The fraction of sp³-hybridized carbons (Fsp3) is 0.889. The smallest absolute Gasteiger partial charge is 0.220 e. The lowest BCUT2D eigenvalue weighted by molar-refractivity contribution is -0.122. The van der Waals surface area contributed by atoms with Crippen molar-refractivity contribution in [1.82, 2.24) is 5.32 Å². The van der Waals surface area contributed by atoms with Crippen LogP contribution in [0.2, 0.25) is 0 Å². The molecule has 0 aliphatic heterocycles. The molecule has 0 spiro atoms. The Labute approximate surface area is 73.2 Å². The topological polar surface area (TPSA) is 49.3 Å². The van der Waals surface area contributed by atoms with Crippen molar-refractivity contribution in [3.63, 3.8) is 0 Å². The average Bonchev–Trinajstić information content (AvgIpc) is 2.82. The quantitative estimate of drug-likeness (QED) is 0.639. The molecule has 12 heavy (non-hydrogen) atoms. The second-order valence-electron chi connectivity index (χ2n) is 3.52. The third-order valence-corrected chi connectivity index (χ3v) is 2.28. The van der Waals surface area contributed by atoms with Gasteiger partial charge in [-0.1, -0.05) is 0 Å². The molecule has 0 aromatic carbocycles. The molecule has 0 aromatic heterocycles. The predicted octanol–water partition coefficient (Wildman–Crippen LogP) is 0.674. The zero-order valence-corrected chi connectivity index (χ0v) is 7.55. The van der Waals surface area contributed by atoms with Crippen LogP contribution in [0, 0.1) is 5.92 Å². The van der Waals surface area contributed by atoms with Crippen LogP contribution in [0.25, 0.3) is 0 Å². The van der Waals surface area contributed by atoms with Gasteiger partial charge in [-0.3, -0.25) is 4.79 Å². The first-order valence-electron chi connectivity index (χ1n) is 4.64. The van der Waals surface area contributed by atoms with Gasteiger partial charge >= 0.3 is 0 Å². The highest BCUT2D eigenvalue weighted by molar-refractivity contribution is 5.76. The van der Waals surface area contributed by atoms with Gasteiger partial charge in [-0.15, -0.1) is 0 Å². The molecule has 1 amide bonds. The first kappa shape index (κ1) is 9.52. The van der Waals surface area contributed by atoms with Gasteiger partial charge in [0.05, 0.1) is 0 Å². The van der Waals surface area contributed by atoms with Gasteiger partial charge < -0.3 is 10.4 Å². The van der Waals surface area contributed by atoms with Gasteiger partial charge in [0, 0.05) is 19.1 Å². The highest BCUT2D eigenvalue weighted by Gasteiger charge is 2.28. The van der Waals surface area contributed by atoms with Crippen molar-refractivity contribution in [3.8, 4) is 0 Å². The number of rotatable bonds is 5. The summed E-state index contributed by atoms with van der Waals surface area (Å²) >= 11 is 0. The van der Waals surface area contributed by atoms with Crippen LogP contribution in [0.15, 0.2) is 0 Å². The van der Waals surface area contributed by atoms with E-state index >= 15 is 0 Å². The second kappa shape index (κ2) is 4.45. The zero-order valence-electron chi connectivity index (χ0n) is 7.55. The van der Waals surface area contributed by atoms with Crippen LogP contribution >= 0.6 is 0 Å². The molecule has 2 N–H and O–H groups in total. The minimum absolute atomic E-state index is 0.0726. The van der Waals surface area contributed by atoms with E-state index in [0.29, 0.717) is 24.8 Å². The number of amides is 1. The number of carbonyl (C=O) groups is 1. The van der Waals surface area contributed by atoms with Crippen molar-refractivity contribution < 1.29 is 9.90 Å². The van der Waals surface area contributed by atoms with E-state index in [9.17, 15) is 4.79 Å². The predicted molar refractivity (Wildman–Crippen MR) is 46.6 cm³/mol. The number of aliphatic hydroxyl groups excluding tert-OH is 1.